The molecule has 3 rings (SSSR count). The lowest BCUT2D eigenvalue weighted by molar-refractivity contribution is -0.0514. The lowest BCUT2D eigenvalue weighted by atomic mass is 10.2. The maximum Gasteiger partial charge on any atom is 0.387 e. The molecule has 0 spiro atoms. The average molecular weight is 417 g/mol. The third kappa shape index (κ3) is 5.31. The summed E-state index contributed by atoms with van der Waals surface area (Å²) in [5.74, 6) is 0.0555. The number of ether oxygens (including phenoxy) is 2. The highest BCUT2D eigenvalue weighted by Crippen LogP contribution is 2.33. The van der Waals surface area contributed by atoms with Crippen molar-refractivity contribution in [2.45, 2.75) is 33.4 Å². The van der Waals surface area contributed by atoms with Crippen LogP contribution in [0.1, 0.15) is 35.1 Å². The Kier molecular flexibility index (Phi) is 6.95. The van der Waals surface area contributed by atoms with Gasteiger partial charge in [0.25, 0.3) is 5.91 Å². The Labute approximate surface area is 172 Å². The lowest BCUT2D eigenvalue weighted by Gasteiger charge is -2.12. The van der Waals surface area contributed by atoms with Gasteiger partial charge in [0, 0.05) is 11.8 Å². The minimum atomic E-state index is -2.96. The van der Waals surface area contributed by atoms with E-state index in [0.29, 0.717) is 30.0 Å². The van der Waals surface area contributed by atoms with Gasteiger partial charge in [-0.1, -0.05) is 13.0 Å². The first-order valence-corrected chi connectivity index (χ1v) is 9.34. The van der Waals surface area contributed by atoms with Crippen molar-refractivity contribution < 1.29 is 27.5 Å². The highest BCUT2D eigenvalue weighted by molar-refractivity contribution is 5.93. The number of nitrogens with zero attached hydrogens (tertiary/aromatic N) is 2. The molecular weight excluding hydrogens is 396 g/mol. The first-order chi connectivity index (χ1) is 14.5. The molecule has 3 aromatic rings. The number of nitrogens with one attached hydrogen (secondary N) is 1. The van der Waals surface area contributed by atoms with E-state index in [1.54, 1.807) is 31.3 Å². The van der Waals surface area contributed by atoms with E-state index in [-0.39, 0.29) is 29.8 Å². The van der Waals surface area contributed by atoms with Crippen LogP contribution in [0.25, 0.3) is 11.5 Å². The maximum absolute atomic E-state index is 12.6. The Morgan fingerprint density at radius 1 is 1.27 bits per heavy atom. The van der Waals surface area contributed by atoms with E-state index >= 15 is 0 Å². The van der Waals surface area contributed by atoms with Crippen LogP contribution in [0.5, 0.6) is 11.5 Å². The molecule has 0 fully saturated rings. The zero-order valence-electron chi connectivity index (χ0n) is 16.5. The van der Waals surface area contributed by atoms with Gasteiger partial charge in [-0.15, -0.1) is 0 Å². The first kappa shape index (κ1) is 21.2. The van der Waals surface area contributed by atoms with Crippen molar-refractivity contribution >= 4 is 5.91 Å². The Morgan fingerprint density at radius 3 is 2.83 bits per heavy atom. The van der Waals surface area contributed by atoms with Gasteiger partial charge in [-0.3, -0.25) is 9.78 Å². The van der Waals surface area contributed by atoms with Gasteiger partial charge in [-0.05, 0) is 43.2 Å². The molecule has 1 amide bonds. The average Bonchev–Trinajstić information content (AvgIpc) is 3.20. The van der Waals surface area contributed by atoms with Crippen LogP contribution in [0.15, 0.2) is 47.2 Å². The van der Waals surface area contributed by atoms with E-state index in [9.17, 15) is 13.6 Å². The van der Waals surface area contributed by atoms with Crippen molar-refractivity contribution in [2.24, 2.45) is 0 Å². The third-order valence-electron chi connectivity index (χ3n) is 4.07. The summed E-state index contributed by atoms with van der Waals surface area (Å²) in [5.41, 5.74) is 2.13. The molecule has 1 aromatic carbocycles. The molecule has 0 aliphatic carbocycles. The van der Waals surface area contributed by atoms with E-state index < -0.39 is 6.61 Å². The van der Waals surface area contributed by atoms with E-state index in [0.717, 1.165) is 5.56 Å². The molecular formula is C21H21F2N3O4. The topological polar surface area (TPSA) is 86.5 Å². The number of alkyl halides is 2. The normalized spacial score (nSPS) is 10.8. The number of benzene rings is 1. The predicted octanol–water partition coefficient (Wildman–Crippen LogP) is 4.37. The summed E-state index contributed by atoms with van der Waals surface area (Å²) < 4.78 is 40.7. The number of amides is 1. The number of aromatic nitrogens is 2. The summed E-state index contributed by atoms with van der Waals surface area (Å²) in [7, 11) is 0. The van der Waals surface area contributed by atoms with Crippen molar-refractivity contribution in [3.8, 4) is 23.0 Å². The number of hydrogen-bond acceptors (Lipinski definition) is 6. The van der Waals surface area contributed by atoms with Crippen LogP contribution in [-0.4, -0.2) is 29.1 Å². The summed E-state index contributed by atoms with van der Waals surface area (Å²) in [4.78, 5) is 20.7. The molecule has 1 N–H and O–H groups in total. The fraction of sp³-hybridized carbons (Fsp3) is 0.286. The molecule has 0 saturated carbocycles. The van der Waals surface area contributed by atoms with E-state index in [2.05, 4.69) is 20.0 Å². The van der Waals surface area contributed by atoms with Crippen molar-refractivity contribution in [2.75, 3.05) is 6.61 Å². The summed E-state index contributed by atoms with van der Waals surface area (Å²) in [6.45, 7) is 1.23. The van der Waals surface area contributed by atoms with Gasteiger partial charge in [-0.25, -0.2) is 4.98 Å². The fourth-order valence-electron chi connectivity index (χ4n) is 2.66. The Morgan fingerprint density at radius 2 is 2.10 bits per heavy atom. The molecule has 0 aliphatic rings. The van der Waals surface area contributed by atoms with Gasteiger partial charge in [0.2, 0.25) is 5.89 Å². The van der Waals surface area contributed by atoms with Gasteiger partial charge in [-0.2, -0.15) is 8.78 Å². The lowest BCUT2D eigenvalue weighted by Crippen LogP contribution is -2.24. The molecule has 2 aromatic heterocycles. The first-order valence-electron chi connectivity index (χ1n) is 9.34. The molecule has 0 radical (unpaired) electrons. The molecule has 30 heavy (non-hydrogen) atoms. The molecule has 158 valence electrons. The van der Waals surface area contributed by atoms with Crippen LogP contribution in [-0.2, 0) is 6.54 Å². The molecule has 0 aliphatic heterocycles. The second-order valence-corrected chi connectivity index (χ2v) is 6.38. The molecule has 0 unspecified atom stereocenters. The maximum atomic E-state index is 12.6. The molecule has 0 saturated heterocycles. The van der Waals surface area contributed by atoms with E-state index in [4.69, 9.17) is 9.15 Å². The van der Waals surface area contributed by atoms with Crippen LogP contribution in [0.2, 0.25) is 0 Å². The zero-order valence-corrected chi connectivity index (χ0v) is 16.5. The predicted molar refractivity (Wildman–Crippen MR) is 105 cm³/mol. The highest BCUT2D eigenvalue weighted by Gasteiger charge is 2.16. The van der Waals surface area contributed by atoms with Gasteiger partial charge in [0.1, 0.15) is 12.0 Å². The third-order valence-corrected chi connectivity index (χ3v) is 4.07. The van der Waals surface area contributed by atoms with Gasteiger partial charge in [0.05, 0.1) is 18.8 Å². The smallest absolute Gasteiger partial charge is 0.387 e. The van der Waals surface area contributed by atoms with Crippen LogP contribution < -0.4 is 14.8 Å². The molecule has 0 atom stereocenters. The van der Waals surface area contributed by atoms with E-state index in [1.807, 2.05) is 6.92 Å². The zero-order chi connectivity index (χ0) is 21.5. The van der Waals surface area contributed by atoms with Crippen LogP contribution in [0, 0.1) is 6.92 Å². The SMILES string of the molecule is CCCOc1cc(-c2nc(CNC(=O)c3ncccc3C)co2)ccc1OC(F)F. The summed E-state index contributed by atoms with van der Waals surface area (Å²) >= 11 is 0. The summed E-state index contributed by atoms with van der Waals surface area (Å²) in [6, 6.07) is 8.00. The molecule has 9 heteroatoms. The highest BCUT2D eigenvalue weighted by atomic mass is 19.3. The van der Waals surface area contributed by atoms with Crippen molar-refractivity contribution in [3.63, 3.8) is 0 Å². The van der Waals surface area contributed by atoms with Crippen molar-refractivity contribution in [1.29, 1.82) is 0 Å². The van der Waals surface area contributed by atoms with Crippen LogP contribution in [0.4, 0.5) is 8.78 Å². The summed E-state index contributed by atoms with van der Waals surface area (Å²) in [5, 5.41) is 2.74. The monoisotopic (exact) mass is 417 g/mol. The Balaban J connectivity index is 1.72. The number of halogens is 2. The van der Waals surface area contributed by atoms with Crippen LogP contribution in [0.3, 0.4) is 0 Å². The quantitative estimate of drug-likeness (QED) is 0.557. The van der Waals surface area contributed by atoms with Gasteiger partial charge < -0.3 is 19.2 Å². The standard InChI is InChI=1S/C21H21F2N3O4/c1-3-9-28-17-10-14(6-7-16(17)30-21(22)23)20-26-15(12-29-20)11-25-19(27)18-13(2)5-4-8-24-18/h4-8,10,12,21H,3,9,11H2,1-2H3,(H,25,27). The Hall–Kier alpha value is -3.49. The number of rotatable bonds is 9. The van der Waals surface area contributed by atoms with Gasteiger partial charge >= 0.3 is 6.61 Å². The van der Waals surface area contributed by atoms with E-state index in [1.165, 1.54) is 18.4 Å². The largest absolute Gasteiger partial charge is 0.490 e. The minimum absolute atomic E-state index is 0.0630. The van der Waals surface area contributed by atoms with Crippen molar-refractivity contribution in [1.82, 2.24) is 15.3 Å². The van der Waals surface area contributed by atoms with Crippen molar-refractivity contribution in [3.05, 3.63) is 59.7 Å². The fourth-order valence-corrected chi connectivity index (χ4v) is 2.66. The number of pyridine rings is 1. The van der Waals surface area contributed by atoms with Crippen LogP contribution >= 0.6 is 0 Å². The Bertz CT molecular complexity index is 1010. The molecule has 0 bridgehead atoms. The number of carbonyl (C=O) groups excluding carboxylic acids is 1. The number of aryl methyl sites for hydroxylation is 1. The molecule has 2 heterocycles. The second-order valence-electron chi connectivity index (χ2n) is 6.38. The number of carbonyl (C=O) groups is 1. The minimum Gasteiger partial charge on any atom is -0.490 e. The molecule has 7 nitrogen and oxygen atoms in total. The van der Waals surface area contributed by atoms with Gasteiger partial charge in [0.15, 0.2) is 11.5 Å². The number of oxazole rings is 1. The summed E-state index contributed by atoms with van der Waals surface area (Å²) in [6.07, 6.45) is 3.67. The number of hydrogen-bond donors (Lipinski definition) is 1. The second kappa shape index (κ2) is 9.82.